The zero-order valence-electron chi connectivity index (χ0n) is 13.3. The van der Waals surface area contributed by atoms with Gasteiger partial charge in [-0.05, 0) is 33.9 Å². The van der Waals surface area contributed by atoms with Gasteiger partial charge in [0.15, 0.2) is 0 Å². The van der Waals surface area contributed by atoms with Gasteiger partial charge in [0.25, 0.3) is 0 Å². The summed E-state index contributed by atoms with van der Waals surface area (Å²) in [6.45, 7) is 3.66. The molecular formula is C20H20N2O. The third kappa shape index (κ3) is 1.84. The first-order valence-electron chi connectivity index (χ1n) is 8.33. The molecule has 0 amide bonds. The van der Waals surface area contributed by atoms with Gasteiger partial charge < -0.3 is 9.64 Å². The van der Waals surface area contributed by atoms with Gasteiger partial charge in [-0.2, -0.15) is 0 Å². The molecule has 0 spiro atoms. The SMILES string of the molecule is CN1c2cccc3c2c(cc2ccccc23)C1N1CCOCC1. The molecule has 116 valence electrons. The summed E-state index contributed by atoms with van der Waals surface area (Å²) in [6.07, 6.45) is 0.323. The predicted molar refractivity (Wildman–Crippen MR) is 95.0 cm³/mol. The quantitative estimate of drug-likeness (QED) is 0.636. The van der Waals surface area contributed by atoms with Gasteiger partial charge in [-0.15, -0.1) is 0 Å². The minimum atomic E-state index is 0.323. The van der Waals surface area contributed by atoms with E-state index in [9.17, 15) is 0 Å². The Kier molecular flexibility index (Phi) is 2.87. The molecule has 3 aromatic rings. The maximum Gasteiger partial charge on any atom is 0.109 e. The van der Waals surface area contributed by atoms with Crippen molar-refractivity contribution in [3.63, 3.8) is 0 Å². The second-order valence-electron chi connectivity index (χ2n) is 6.52. The van der Waals surface area contributed by atoms with Crippen LogP contribution in [0.5, 0.6) is 0 Å². The maximum absolute atomic E-state index is 5.55. The first-order valence-corrected chi connectivity index (χ1v) is 8.33. The fourth-order valence-electron chi connectivity index (χ4n) is 4.28. The summed E-state index contributed by atoms with van der Waals surface area (Å²) in [4.78, 5) is 4.98. The van der Waals surface area contributed by atoms with Gasteiger partial charge >= 0.3 is 0 Å². The fourth-order valence-corrected chi connectivity index (χ4v) is 4.28. The van der Waals surface area contributed by atoms with Gasteiger partial charge in [0.1, 0.15) is 6.17 Å². The van der Waals surface area contributed by atoms with Crippen LogP contribution in [0, 0.1) is 0 Å². The molecular weight excluding hydrogens is 284 g/mol. The Labute approximate surface area is 136 Å². The van der Waals surface area contributed by atoms with Gasteiger partial charge in [-0.1, -0.05) is 36.4 Å². The highest BCUT2D eigenvalue weighted by Gasteiger charge is 2.34. The molecule has 23 heavy (non-hydrogen) atoms. The third-order valence-electron chi connectivity index (χ3n) is 5.31. The van der Waals surface area contributed by atoms with Gasteiger partial charge in [0.05, 0.1) is 13.2 Å². The number of ether oxygens (including phenoxy) is 1. The molecule has 3 aromatic carbocycles. The van der Waals surface area contributed by atoms with Gasteiger partial charge in [-0.25, -0.2) is 0 Å². The third-order valence-corrected chi connectivity index (χ3v) is 5.31. The van der Waals surface area contributed by atoms with E-state index in [0.717, 1.165) is 26.3 Å². The number of hydrogen-bond donors (Lipinski definition) is 0. The van der Waals surface area contributed by atoms with Crippen molar-refractivity contribution in [1.82, 2.24) is 4.90 Å². The van der Waals surface area contributed by atoms with Gasteiger partial charge in [-0.3, -0.25) is 4.90 Å². The number of nitrogens with zero attached hydrogens (tertiary/aromatic N) is 2. The van der Waals surface area contributed by atoms with Crippen LogP contribution >= 0.6 is 0 Å². The second kappa shape index (κ2) is 4.95. The highest BCUT2D eigenvalue weighted by Crippen LogP contribution is 2.47. The molecule has 0 bridgehead atoms. The van der Waals surface area contributed by atoms with E-state index in [1.54, 1.807) is 0 Å². The number of hydrogen-bond acceptors (Lipinski definition) is 3. The highest BCUT2D eigenvalue weighted by molar-refractivity contribution is 6.14. The normalized spacial score (nSPS) is 21.4. The van der Waals surface area contributed by atoms with E-state index in [4.69, 9.17) is 4.74 Å². The van der Waals surface area contributed by atoms with Crippen LogP contribution in [-0.4, -0.2) is 38.3 Å². The second-order valence-corrected chi connectivity index (χ2v) is 6.52. The Morgan fingerprint density at radius 3 is 2.61 bits per heavy atom. The van der Waals surface area contributed by atoms with E-state index in [0.29, 0.717) is 6.17 Å². The van der Waals surface area contributed by atoms with Crippen LogP contribution in [0.3, 0.4) is 0 Å². The molecule has 2 heterocycles. The minimum absolute atomic E-state index is 0.323. The Balaban J connectivity index is 1.80. The molecule has 0 aliphatic carbocycles. The zero-order valence-corrected chi connectivity index (χ0v) is 13.3. The monoisotopic (exact) mass is 304 g/mol. The molecule has 1 saturated heterocycles. The molecule has 3 heteroatoms. The molecule has 0 aromatic heterocycles. The highest BCUT2D eigenvalue weighted by atomic mass is 16.5. The molecule has 1 atom stereocenters. The average Bonchev–Trinajstić information content (AvgIpc) is 2.89. The molecule has 3 nitrogen and oxygen atoms in total. The number of rotatable bonds is 1. The van der Waals surface area contributed by atoms with Crippen LogP contribution in [-0.2, 0) is 4.74 Å². The van der Waals surface area contributed by atoms with Crippen molar-refractivity contribution >= 4 is 27.2 Å². The van der Waals surface area contributed by atoms with Crippen molar-refractivity contribution in [3.8, 4) is 0 Å². The first kappa shape index (κ1) is 13.3. The molecule has 1 unspecified atom stereocenters. The molecule has 2 aliphatic heterocycles. The lowest BCUT2D eigenvalue weighted by Crippen LogP contribution is -2.44. The summed E-state index contributed by atoms with van der Waals surface area (Å²) >= 11 is 0. The van der Waals surface area contributed by atoms with E-state index in [1.165, 1.54) is 32.8 Å². The number of anilines is 1. The smallest absolute Gasteiger partial charge is 0.109 e. The Hall–Kier alpha value is -2.10. The average molecular weight is 304 g/mol. The Morgan fingerprint density at radius 1 is 0.957 bits per heavy atom. The van der Waals surface area contributed by atoms with Crippen LogP contribution in [0.2, 0.25) is 0 Å². The van der Waals surface area contributed by atoms with Crippen LogP contribution in [0.15, 0.2) is 48.5 Å². The lowest BCUT2D eigenvalue weighted by atomic mass is 9.97. The number of benzene rings is 3. The number of fused-ring (bicyclic) bond motifs is 2. The molecule has 2 aliphatic rings. The van der Waals surface area contributed by atoms with E-state index < -0.39 is 0 Å². The fraction of sp³-hybridized carbons (Fsp3) is 0.300. The first-order chi connectivity index (χ1) is 11.3. The molecule has 1 fully saturated rings. The molecule has 0 saturated carbocycles. The van der Waals surface area contributed by atoms with Crippen molar-refractivity contribution in [2.75, 3.05) is 38.3 Å². The standard InChI is InChI=1S/C20H20N2O/c1-21-18-8-4-7-16-15-6-3-2-5-14(15)13-17(19(16)18)20(21)22-9-11-23-12-10-22/h2-8,13,20H,9-12H2,1H3. The van der Waals surface area contributed by atoms with Crippen molar-refractivity contribution < 1.29 is 4.74 Å². The van der Waals surface area contributed by atoms with Gasteiger partial charge in [0, 0.05) is 31.2 Å². The molecule has 5 rings (SSSR count). The summed E-state index contributed by atoms with van der Waals surface area (Å²) in [7, 11) is 2.22. The summed E-state index contributed by atoms with van der Waals surface area (Å²) in [5, 5.41) is 5.48. The summed E-state index contributed by atoms with van der Waals surface area (Å²) in [5.41, 5.74) is 2.79. The van der Waals surface area contributed by atoms with Crippen LogP contribution in [0.1, 0.15) is 11.7 Å². The molecule has 0 radical (unpaired) electrons. The zero-order chi connectivity index (χ0) is 15.4. The summed E-state index contributed by atoms with van der Waals surface area (Å²) < 4.78 is 5.55. The number of morpholine rings is 1. The van der Waals surface area contributed by atoms with E-state index in [-0.39, 0.29) is 0 Å². The van der Waals surface area contributed by atoms with Crippen molar-refractivity contribution in [3.05, 3.63) is 54.1 Å². The Morgan fingerprint density at radius 2 is 1.74 bits per heavy atom. The van der Waals surface area contributed by atoms with Gasteiger partial charge in [0.2, 0.25) is 0 Å². The predicted octanol–water partition coefficient (Wildman–Crippen LogP) is 3.77. The van der Waals surface area contributed by atoms with Crippen LogP contribution in [0.4, 0.5) is 5.69 Å². The van der Waals surface area contributed by atoms with E-state index in [2.05, 4.69) is 65.4 Å². The van der Waals surface area contributed by atoms with E-state index in [1.807, 2.05) is 0 Å². The Bertz CT molecular complexity index is 899. The van der Waals surface area contributed by atoms with Crippen molar-refractivity contribution in [2.24, 2.45) is 0 Å². The van der Waals surface area contributed by atoms with Crippen LogP contribution in [0.25, 0.3) is 21.5 Å². The topological polar surface area (TPSA) is 15.7 Å². The van der Waals surface area contributed by atoms with Crippen molar-refractivity contribution in [1.29, 1.82) is 0 Å². The molecule has 0 N–H and O–H groups in total. The largest absolute Gasteiger partial charge is 0.379 e. The lowest BCUT2D eigenvalue weighted by Gasteiger charge is -2.37. The maximum atomic E-state index is 5.55. The summed E-state index contributed by atoms with van der Waals surface area (Å²) in [6, 6.07) is 17.8. The van der Waals surface area contributed by atoms with Crippen LogP contribution < -0.4 is 4.90 Å². The summed E-state index contributed by atoms with van der Waals surface area (Å²) in [5.74, 6) is 0. The van der Waals surface area contributed by atoms with Crippen molar-refractivity contribution in [2.45, 2.75) is 6.17 Å². The minimum Gasteiger partial charge on any atom is -0.379 e. The lowest BCUT2D eigenvalue weighted by molar-refractivity contribution is 0.0174. The van der Waals surface area contributed by atoms with E-state index >= 15 is 0 Å².